The standard InChI is InChI=1S/C13H11ClN2O3/c1-2-5-16-9-4-3-7(14)6-8(9)11(15)10(12(16)17)13(18)19/h2-4,6H,1,5,15H2,(H,18,19). The number of fused-ring (bicyclic) bond motifs is 1. The Morgan fingerprint density at radius 3 is 2.79 bits per heavy atom. The lowest BCUT2D eigenvalue weighted by Crippen LogP contribution is -2.28. The molecule has 19 heavy (non-hydrogen) atoms. The van der Waals surface area contributed by atoms with Gasteiger partial charge in [0.1, 0.15) is 5.56 Å². The van der Waals surface area contributed by atoms with E-state index in [-0.39, 0.29) is 12.2 Å². The van der Waals surface area contributed by atoms with Gasteiger partial charge in [-0.05, 0) is 18.2 Å². The average Bonchev–Trinajstić information content (AvgIpc) is 2.34. The van der Waals surface area contributed by atoms with Crippen molar-refractivity contribution >= 4 is 34.2 Å². The number of aromatic carboxylic acids is 1. The molecule has 0 unspecified atom stereocenters. The fourth-order valence-electron chi connectivity index (χ4n) is 1.97. The molecule has 0 atom stereocenters. The van der Waals surface area contributed by atoms with Crippen LogP contribution in [-0.4, -0.2) is 15.6 Å². The number of nitrogens with two attached hydrogens (primary N) is 1. The lowest BCUT2D eigenvalue weighted by Gasteiger charge is -2.12. The summed E-state index contributed by atoms with van der Waals surface area (Å²) in [6.07, 6.45) is 1.51. The van der Waals surface area contributed by atoms with Crippen molar-refractivity contribution in [2.45, 2.75) is 6.54 Å². The Morgan fingerprint density at radius 1 is 1.53 bits per heavy atom. The molecule has 2 aromatic rings. The highest BCUT2D eigenvalue weighted by Gasteiger charge is 2.19. The molecule has 1 aromatic heterocycles. The van der Waals surface area contributed by atoms with Crippen LogP contribution in [0.25, 0.3) is 10.9 Å². The van der Waals surface area contributed by atoms with Crippen LogP contribution >= 0.6 is 11.6 Å². The molecule has 0 spiro atoms. The van der Waals surface area contributed by atoms with Gasteiger partial charge in [-0.25, -0.2) is 4.79 Å². The Kier molecular flexibility index (Phi) is 3.31. The molecule has 98 valence electrons. The number of halogens is 1. The summed E-state index contributed by atoms with van der Waals surface area (Å²) in [6.45, 7) is 3.75. The second kappa shape index (κ2) is 4.78. The van der Waals surface area contributed by atoms with E-state index in [2.05, 4.69) is 6.58 Å². The molecule has 1 aromatic carbocycles. The molecule has 3 N–H and O–H groups in total. The molecule has 6 heteroatoms. The number of allylic oxidation sites excluding steroid dienone is 1. The molecule has 2 rings (SSSR count). The highest BCUT2D eigenvalue weighted by molar-refractivity contribution is 6.31. The van der Waals surface area contributed by atoms with Crippen molar-refractivity contribution in [2.75, 3.05) is 5.73 Å². The van der Waals surface area contributed by atoms with Crippen LogP contribution in [0.2, 0.25) is 5.02 Å². The van der Waals surface area contributed by atoms with Gasteiger partial charge in [0.2, 0.25) is 0 Å². The summed E-state index contributed by atoms with van der Waals surface area (Å²) in [5.41, 5.74) is 5.13. The molecule has 0 fully saturated rings. The summed E-state index contributed by atoms with van der Waals surface area (Å²) in [5.74, 6) is -1.36. The second-order valence-corrected chi connectivity index (χ2v) is 4.40. The fraction of sp³-hybridized carbons (Fsp3) is 0.0769. The van der Waals surface area contributed by atoms with E-state index in [0.29, 0.717) is 15.9 Å². The van der Waals surface area contributed by atoms with E-state index in [4.69, 9.17) is 22.4 Å². The van der Waals surface area contributed by atoms with E-state index in [1.807, 2.05) is 0 Å². The number of carboxylic acid groups (broad SMARTS) is 1. The number of carboxylic acids is 1. The predicted molar refractivity (Wildman–Crippen MR) is 74.8 cm³/mol. The van der Waals surface area contributed by atoms with Crippen molar-refractivity contribution < 1.29 is 9.90 Å². The highest BCUT2D eigenvalue weighted by Crippen LogP contribution is 2.25. The molecule has 0 bridgehead atoms. The smallest absolute Gasteiger partial charge is 0.343 e. The van der Waals surface area contributed by atoms with E-state index < -0.39 is 17.1 Å². The molecule has 1 heterocycles. The highest BCUT2D eigenvalue weighted by atomic mass is 35.5. The van der Waals surface area contributed by atoms with Crippen LogP contribution in [0.15, 0.2) is 35.6 Å². The molecule has 0 radical (unpaired) electrons. The van der Waals surface area contributed by atoms with E-state index in [1.165, 1.54) is 16.7 Å². The molecule has 0 amide bonds. The fourth-order valence-corrected chi connectivity index (χ4v) is 2.14. The molecular weight excluding hydrogens is 268 g/mol. The Hall–Kier alpha value is -2.27. The third-order valence-corrected chi connectivity index (χ3v) is 3.03. The van der Waals surface area contributed by atoms with Gasteiger partial charge in [0.05, 0.1) is 11.2 Å². The number of nitrogens with zero attached hydrogens (tertiary/aromatic N) is 1. The van der Waals surface area contributed by atoms with Crippen LogP contribution < -0.4 is 11.3 Å². The van der Waals surface area contributed by atoms with Gasteiger partial charge >= 0.3 is 5.97 Å². The third-order valence-electron chi connectivity index (χ3n) is 2.79. The Balaban J connectivity index is 3.03. The van der Waals surface area contributed by atoms with Crippen molar-refractivity contribution in [3.63, 3.8) is 0 Å². The number of carbonyl (C=O) groups is 1. The molecule has 5 nitrogen and oxygen atoms in total. The summed E-state index contributed by atoms with van der Waals surface area (Å²) in [7, 11) is 0. The summed E-state index contributed by atoms with van der Waals surface area (Å²) < 4.78 is 1.30. The van der Waals surface area contributed by atoms with Crippen LogP contribution in [0.4, 0.5) is 5.69 Å². The lowest BCUT2D eigenvalue weighted by molar-refractivity contribution is 0.0695. The number of hydrogen-bond donors (Lipinski definition) is 2. The largest absolute Gasteiger partial charge is 0.477 e. The summed E-state index contributed by atoms with van der Waals surface area (Å²) >= 11 is 5.88. The minimum absolute atomic E-state index is 0.0738. The predicted octanol–water partition coefficient (Wildman–Crippen LogP) is 2.12. The van der Waals surface area contributed by atoms with Gasteiger partial charge in [-0.15, -0.1) is 6.58 Å². The first-order chi connectivity index (χ1) is 8.97. The Bertz CT molecular complexity index is 750. The average molecular weight is 279 g/mol. The quantitative estimate of drug-likeness (QED) is 0.842. The maximum Gasteiger partial charge on any atom is 0.343 e. The first kappa shape index (κ1) is 13.2. The Labute approximate surface area is 113 Å². The molecule has 0 aliphatic rings. The molecule has 0 saturated carbocycles. The van der Waals surface area contributed by atoms with E-state index >= 15 is 0 Å². The summed E-state index contributed by atoms with van der Waals surface area (Å²) in [4.78, 5) is 23.3. The van der Waals surface area contributed by atoms with Crippen molar-refractivity contribution in [2.24, 2.45) is 0 Å². The zero-order valence-electron chi connectivity index (χ0n) is 9.89. The monoisotopic (exact) mass is 278 g/mol. The number of hydrogen-bond acceptors (Lipinski definition) is 3. The Morgan fingerprint density at radius 2 is 2.21 bits per heavy atom. The van der Waals surface area contributed by atoms with E-state index in [9.17, 15) is 9.59 Å². The topological polar surface area (TPSA) is 85.3 Å². The van der Waals surface area contributed by atoms with Gasteiger partial charge < -0.3 is 15.4 Å². The van der Waals surface area contributed by atoms with Crippen molar-refractivity contribution in [3.8, 4) is 0 Å². The maximum absolute atomic E-state index is 12.1. The van der Waals surface area contributed by atoms with Gasteiger partial charge in [-0.1, -0.05) is 17.7 Å². The van der Waals surface area contributed by atoms with Crippen molar-refractivity contribution in [3.05, 3.63) is 51.8 Å². The van der Waals surface area contributed by atoms with Gasteiger partial charge in [-0.2, -0.15) is 0 Å². The van der Waals surface area contributed by atoms with E-state index in [1.54, 1.807) is 12.1 Å². The van der Waals surface area contributed by atoms with Gasteiger partial charge in [0.15, 0.2) is 0 Å². The van der Waals surface area contributed by atoms with Crippen molar-refractivity contribution in [1.82, 2.24) is 4.57 Å². The minimum atomic E-state index is -1.36. The van der Waals surface area contributed by atoms with Crippen molar-refractivity contribution in [1.29, 1.82) is 0 Å². The molecule has 0 aliphatic heterocycles. The molecule has 0 saturated heterocycles. The maximum atomic E-state index is 12.1. The van der Waals surface area contributed by atoms with Gasteiger partial charge in [-0.3, -0.25) is 4.79 Å². The number of anilines is 1. The SMILES string of the molecule is C=CCn1c(=O)c(C(=O)O)c(N)c2cc(Cl)ccc21. The summed E-state index contributed by atoms with van der Waals surface area (Å²) in [5, 5.41) is 9.97. The lowest BCUT2D eigenvalue weighted by atomic mass is 10.1. The number of rotatable bonds is 3. The first-order valence-corrected chi connectivity index (χ1v) is 5.81. The number of nitrogen functional groups attached to an aromatic ring is 1. The van der Waals surface area contributed by atoms with E-state index in [0.717, 1.165) is 0 Å². The zero-order valence-corrected chi connectivity index (χ0v) is 10.6. The number of aromatic nitrogens is 1. The zero-order chi connectivity index (χ0) is 14.2. The van der Waals surface area contributed by atoms with Gasteiger partial charge in [0, 0.05) is 17.0 Å². The third kappa shape index (κ3) is 2.08. The van der Waals surface area contributed by atoms with Crippen LogP contribution in [0.1, 0.15) is 10.4 Å². The first-order valence-electron chi connectivity index (χ1n) is 5.43. The molecule has 0 aliphatic carbocycles. The number of pyridine rings is 1. The van der Waals surface area contributed by atoms with Gasteiger partial charge in [0.25, 0.3) is 5.56 Å². The number of benzene rings is 1. The van der Waals surface area contributed by atoms with Crippen LogP contribution in [0.3, 0.4) is 0 Å². The molecular formula is C13H11ClN2O3. The van der Waals surface area contributed by atoms with Crippen LogP contribution in [-0.2, 0) is 6.54 Å². The normalized spacial score (nSPS) is 10.6. The van der Waals surface area contributed by atoms with Crippen LogP contribution in [0.5, 0.6) is 0 Å². The van der Waals surface area contributed by atoms with Crippen LogP contribution in [0, 0.1) is 0 Å². The second-order valence-electron chi connectivity index (χ2n) is 3.96. The summed E-state index contributed by atoms with van der Waals surface area (Å²) in [6, 6.07) is 4.78. The minimum Gasteiger partial charge on any atom is -0.477 e.